The first-order valence-corrected chi connectivity index (χ1v) is 9.65. The van der Waals surface area contributed by atoms with Crippen LogP contribution in [0.4, 0.5) is 9.52 Å². The fourth-order valence-corrected chi connectivity index (χ4v) is 3.73. The van der Waals surface area contributed by atoms with Crippen molar-refractivity contribution >= 4 is 45.7 Å². The maximum Gasteiger partial charge on any atom is 0.264 e. The summed E-state index contributed by atoms with van der Waals surface area (Å²) in [7, 11) is 0. The summed E-state index contributed by atoms with van der Waals surface area (Å²) in [4.78, 5) is 11.9. The first-order valence-electron chi connectivity index (χ1n) is 7.47. The van der Waals surface area contributed by atoms with Crippen LogP contribution in [-0.2, 0) is 10.5 Å². The maximum atomic E-state index is 12.8. The lowest BCUT2D eigenvalue weighted by Gasteiger charge is -2.05. The number of carbonyl (C=O) groups excluding carboxylic acids is 1. The average Bonchev–Trinajstić information content (AvgIpc) is 3.08. The molecular weight excluding hydrogens is 397 g/mol. The van der Waals surface area contributed by atoms with Gasteiger partial charge in [-0.15, -0.1) is 10.2 Å². The third kappa shape index (κ3) is 5.69. The van der Waals surface area contributed by atoms with Gasteiger partial charge >= 0.3 is 0 Å². The van der Waals surface area contributed by atoms with Crippen LogP contribution in [0.5, 0.6) is 5.75 Å². The van der Waals surface area contributed by atoms with E-state index >= 15 is 0 Å². The van der Waals surface area contributed by atoms with E-state index in [9.17, 15) is 9.18 Å². The molecule has 0 aliphatic heterocycles. The molecule has 0 radical (unpaired) electrons. The van der Waals surface area contributed by atoms with Crippen LogP contribution in [0.3, 0.4) is 0 Å². The van der Waals surface area contributed by atoms with E-state index in [1.165, 1.54) is 47.4 Å². The molecule has 1 N–H and O–H groups in total. The molecule has 9 heteroatoms. The number of ether oxygens (including phenoxy) is 1. The molecular formula is C17H13ClFN3O2S2. The molecule has 0 saturated carbocycles. The first kappa shape index (κ1) is 18.6. The zero-order valence-electron chi connectivity index (χ0n) is 13.3. The number of nitrogens with zero attached hydrogens (tertiary/aromatic N) is 2. The Morgan fingerprint density at radius 1 is 1.15 bits per heavy atom. The Labute approximate surface area is 162 Å². The number of benzene rings is 2. The number of nitrogens with one attached hydrogen (secondary N) is 1. The second-order valence-electron chi connectivity index (χ2n) is 5.08. The molecule has 1 aromatic heterocycles. The number of thioether (sulfide) groups is 1. The van der Waals surface area contributed by atoms with E-state index in [1.54, 1.807) is 0 Å². The van der Waals surface area contributed by atoms with Gasteiger partial charge in [-0.2, -0.15) is 0 Å². The van der Waals surface area contributed by atoms with E-state index in [0.717, 1.165) is 15.7 Å². The van der Waals surface area contributed by atoms with Gasteiger partial charge in [-0.1, -0.05) is 46.8 Å². The monoisotopic (exact) mass is 409 g/mol. The van der Waals surface area contributed by atoms with Crippen molar-refractivity contribution in [1.29, 1.82) is 0 Å². The molecule has 0 aliphatic carbocycles. The maximum absolute atomic E-state index is 12.8. The lowest BCUT2D eigenvalue weighted by molar-refractivity contribution is -0.118. The van der Waals surface area contributed by atoms with Gasteiger partial charge in [0.2, 0.25) is 5.13 Å². The van der Waals surface area contributed by atoms with Gasteiger partial charge in [0, 0.05) is 10.8 Å². The van der Waals surface area contributed by atoms with Gasteiger partial charge in [0.05, 0.1) is 0 Å². The number of anilines is 1. The van der Waals surface area contributed by atoms with Crippen LogP contribution < -0.4 is 10.1 Å². The normalized spacial score (nSPS) is 10.5. The van der Waals surface area contributed by atoms with Crippen LogP contribution in [0.2, 0.25) is 5.02 Å². The van der Waals surface area contributed by atoms with E-state index < -0.39 is 0 Å². The average molecular weight is 410 g/mol. The molecule has 3 aromatic rings. The van der Waals surface area contributed by atoms with E-state index in [-0.39, 0.29) is 18.3 Å². The SMILES string of the molecule is O=C(COc1ccc(F)cc1)Nc1nnc(SCc2ccc(Cl)cc2)s1. The Morgan fingerprint density at radius 2 is 1.88 bits per heavy atom. The lowest BCUT2D eigenvalue weighted by Crippen LogP contribution is -2.20. The molecule has 2 aromatic carbocycles. The molecule has 0 atom stereocenters. The number of aromatic nitrogens is 2. The Kier molecular flexibility index (Phi) is 6.43. The minimum absolute atomic E-state index is 0.196. The first-order chi connectivity index (χ1) is 12.6. The zero-order valence-corrected chi connectivity index (χ0v) is 15.7. The number of hydrogen-bond acceptors (Lipinski definition) is 6. The van der Waals surface area contributed by atoms with Crippen molar-refractivity contribution in [2.45, 2.75) is 10.1 Å². The van der Waals surface area contributed by atoms with Crippen molar-refractivity contribution in [2.75, 3.05) is 11.9 Å². The molecule has 5 nitrogen and oxygen atoms in total. The van der Waals surface area contributed by atoms with Crippen molar-refractivity contribution in [1.82, 2.24) is 10.2 Å². The van der Waals surface area contributed by atoms with Crippen molar-refractivity contribution in [3.8, 4) is 5.75 Å². The smallest absolute Gasteiger partial charge is 0.264 e. The van der Waals surface area contributed by atoms with E-state index in [4.69, 9.17) is 16.3 Å². The molecule has 0 aliphatic rings. The minimum atomic E-state index is -0.362. The van der Waals surface area contributed by atoms with Gasteiger partial charge in [0.1, 0.15) is 11.6 Å². The molecule has 26 heavy (non-hydrogen) atoms. The largest absolute Gasteiger partial charge is 0.484 e. The highest BCUT2D eigenvalue weighted by Crippen LogP contribution is 2.28. The molecule has 1 amide bonds. The number of carbonyl (C=O) groups is 1. The van der Waals surface area contributed by atoms with Crippen molar-refractivity contribution in [2.24, 2.45) is 0 Å². The van der Waals surface area contributed by atoms with Gasteiger partial charge in [0.25, 0.3) is 5.91 Å². The van der Waals surface area contributed by atoms with E-state index in [0.29, 0.717) is 15.9 Å². The van der Waals surface area contributed by atoms with Gasteiger partial charge in [0.15, 0.2) is 10.9 Å². The molecule has 0 bridgehead atoms. The summed E-state index contributed by atoms with van der Waals surface area (Å²) in [6, 6.07) is 13.0. The van der Waals surface area contributed by atoms with E-state index in [2.05, 4.69) is 15.5 Å². The molecule has 0 unspecified atom stereocenters. The second-order valence-corrected chi connectivity index (χ2v) is 7.72. The van der Waals surface area contributed by atoms with Crippen LogP contribution in [0.1, 0.15) is 5.56 Å². The summed E-state index contributed by atoms with van der Waals surface area (Å²) in [6.07, 6.45) is 0. The minimum Gasteiger partial charge on any atom is -0.484 e. The topological polar surface area (TPSA) is 64.1 Å². The summed E-state index contributed by atoms with van der Waals surface area (Å²) >= 11 is 8.67. The Bertz CT molecular complexity index is 872. The lowest BCUT2D eigenvalue weighted by atomic mass is 10.2. The van der Waals surface area contributed by atoms with Gasteiger partial charge < -0.3 is 4.74 Å². The highest BCUT2D eigenvalue weighted by atomic mass is 35.5. The van der Waals surface area contributed by atoms with Crippen LogP contribution >= 0.6 is 34.7 Å². The highest BCUT2D eigenvalue weighted by molar-refractivity contribution is 8.00. The van der Waals surface area contributed by atoms with Gasteiger partial charge in [-0.05, 0) is 42.0 Å². The Balaban J connectivity index is 1.45. The second kappa shape index (κ2) is 8.98. The highest BCUT2D eigenvalue weighted by Gasteiger charge is 2.10. The fraction of sp³-hybridized carbons (Fsp3) is 0.118. The molecule has 0 spiro atoms. The summed E-state index contributed by atoms with van der Waals surface area (Å²) in [5.74, 6) is 0.421. The van der Waals surface area contributed by atoms with Gasteiger partial charge in [-0.3, -0.25) is 10.1 Å². The summed E-state index contributed by atoms with van der Waals surface area (Å²) in [5, 5.41) is 11.7. The quantitative estimate of drug-likeness (QED) is 0.455. The van der Waals surface area contributed by atoms with Gasteiger partial charge in [-0.25, -0.2) is 4.39 Å². The zero-order chi connectivity index (χ0) is 18.4. The number of amides is 1. The molecule has 0 saturated heterocycles. The Morgan fingerprint density at radius 3 is 2.62 bits per heavy atom. The fourth-order valence-electron chi connectivity index (χ4n) is 1.88. The number of rotatable bonds is 7. The van der Waals surface area contributed by atoms with Crippen molar-refractivity contribution in [3.63, 3.8) is 0 Å². The van der Waals surface area contributed by atoms with Crippen molar-refractivity contribution < 1.29 is 13.9 Å². The van der Waals surface area contributed by atoms with Crippen molar-refractivity contribution in [3.05, 3.63) is 64.9 Å². The third-order valence-corrected chi connectivity index (χ3v) is 5.41. The third-order valence-electron chi connectivity index (χ3n) is 3.11. The summed E-state index contributed by atoms with van der Waals surface area (Å²) in [6.45, 7) is -0.196. The molecule has 1 heterocycles. The number of hydrogen-bond donors (Lipinski definition) is 1. The molecule has 0 fully saturated rings. The van der Waals surface area contributed by atoms with Crippen LogP contribution in [0.15, 0.2) is 52.9 Å². The summed E-state index contributed by atoms with van der Waals surface area (Å²) in [5.41, 5.74) is 1.12. The predicted octanol–water partition coefficient (Wildman–Crippen LogP) is 4.64. The molecule has 134 valence electrons. The van der Waals surface area contributed by atoms with E-state index in [1.807, 2.05) is 24.3 Å². The predicted molar refractivity (Wildman–Crippen MR) is 101 cm³/mol. The van der Waals surface area contributed by atoms with Crippen LogP contribution in [-0.4, -0.2) is 22.7 Å². The Hall–Kier alpha value is -2.16. The number of halogens is 2. The van der Waals surface area contributed by atoms with Crippen LogP contribution in [0.25, 0.3) is 0 Å². The molecule has 3 rings (SSSR count). The standard InChI is InChI=1S/C17H13ClFN3O2S2/c18-12-3-1-11(2-4-12)10-25-17-22-21-16(26-17)20-15(23)9-24-14-7-5-13(19)6-8-14/h1-8H,9-10H2,(H,20,21,23). The summed E-state index contributed by atoms with van der Waals surface area (Å²) < 4.78 is 18.8. The van der Waals surface area contributed by atoms with Crippen LogP contribution in [0, 0.1) is 5.82 Å².